The number of aromatic nitrogens is 4. The molecule has 0 saturated heterocycles. The Morgan fingerprint density at radius 1 is 1.50 bits per heavy atom. The number of tetrazole rings is 1. The van der Waals surface area contributed by atoms with Crippen molar-refractivity contribution in [3.63, 3.8) is 0 Å². The van der Waals surface area contributed by atoms with Gasteiger partial charge < -0.3 is 9.73 Å². The lowest BCUT2D eigenvalue weighted by atomic mass is 10.1. The van der Waals surface area contributed by atoms with Crippen molar-refractivity contribution in [2.24, 2.45) is 7.05 Å². The van der Waals surface area contributed by atoms with Gasteiger partial charge in [-0.05, 0) is 41.9 Å². The van der Waals surface area contributed by atoms with Crippen LogP contribution in [0.2, 0.25) is 5.22 Å². The van der Waals surface area contributed by atoms with Crippen molar-refractivity contribution in [3.05, 3.63) is 28.9 Å². The molecule has 0 radical (unpaired) electrons. The third kappa shape index (κ3) is 3.30. The monoisotopic (exact) mass is 269 g/mol. The maximum atomic E-state index is 5.80. The van der Waals surface area contributed by atoms with Gasteiger partial charge in [-0.1, -0.05) is 6.92 Å². The average molecular weight is 270 g/mol. The van der Waals surface area contributed by atoms with E-state index in [1.807, 2.05) is 6.07 Å². The molecule has 2 rings (SSSR count). The lowest BCUT2D eigenvalue weighted by Crippen LogP contribution is -2.24. The summed E-state index contributed by atoms with van der Waals surface area (Å²) in [4.78, 5) is 1.45. The molecule has 7 heteroatoms. The Morgan fingerprint density at radius 3 is 2.89 bits per heavy atom. The molecular weight excluding hydrogens is 254 g/mol. The molecule has 2 aromatic rings. The first-order valence-corrected chi connectivity index (χ1v) is 6.28. The van der Waals surface area contributed by atoms with Crippen LogP contribution in [0.5, 0.6) is 0 Å². The average Bonchev–Trinajstić information content (AvgIpc) is 2.93. The molecular formula is C11H16ClN5O. The van der Waals surface area contributed by atoms with E-state index in [1.54, 1.807) is 13.1 Å². The molecule has 1 atom stereocenters. The van der Waals surface area contributed by atoms with Crippen LogP contribution < -0.4 is 5.32 Å². The van der Waals surface area contributed by atoms with Crippen molar-refractivity contribution < 1.29 is 4.42 Å². The van der Waals surface area contributed by atoms with Crippen molar-refractivity contribution in [3.8, 4) is 0 Å². The van der Waals surface area contributed by atoms with Crippen LogP contribution in [0.25, 0.3) is 0 Å². The fourth-order valence-corrected chi connectivity index (χ4v) is 1.85. The van der Waals surface area contributed by atoms with Gasteiger partial charge in [0.25, 0.3) is 0 Å². The first-order chi connectivity index (χ1) is 8.69. The van der Waals surface area contributed by atoms with E-state index in [0.29, 0.717) is 17.5 Å². The summed E-state index contributed by atoms with van der Waals surface area (Å²) in [6, 6.07) is 3.62. The van der Waals surface area contributed by atoms with Crippen LogP contribution in [0.15, 0.2) is 16.5 Å². The van der Waals surface area contributed by atoms with Gasteiger partial charge >= 0.3 is 0 Å². The largest absolute Gasteiger partial charge is 0.448 e. The van der Waals surface area contributed by atoms with Crippen molar-refractivity contribution in [1.82, 2.24) is 25.5 Å². The van der Waals surface area contributed by atoms with Gasteiger partial charge in [0.05, 0.1) is 13.1 Å². The van der Waals surface area contributed by atoms with Gasteiger partial charge in [-0.25, -0.2) is 0 Å². The molecule has 6 nitrogen and oxygen atoms in total. The van der Waals surface area contributed by atoms with E-state index >= 15 is 0 Å². The number of furan rings is 1. The summed E-state index contributed by atoms with van der Waals surface area (Å²) in [5.74, 6) is 1.47. The first kappa shape index (κ1) is 13.0. The molecule has 18 heavy (non-hydrogen) atoms. The van der Waals surface area contributed by atoms with Gasteiger partial charge in [0, 0.05) is 6.42 Å². The van der Waals surface area contributed by atoms with E-state index < -0.39 is 0 Å². The Bertz CT molecular complexity index is 495. The summed E-state index contributed by atoms with van der Waals surface area (Å²) in [7, 11) is 1.74. The molecule has 0 aliphatic carbocycles. The fourth-order valence-electron chi connectivity index (χ4n) is 1.70. The number of nitrogens with zero attached hydrogens (tertiary/aromatic N) is 4. The van der Waals surface area contributed by atoms with Gasteiger partial charge in [0.1, 0.15) is 5.76 Å². The second-order valence-electron chi connectivity index (χ2n) is 4.05. The molecule has 2 aromatic heterocycles. The van der Waals surface area contributed by atoms with Crippen LogP contribution in [0.3, 0.4) is 0 Å². The van der Waals surface area contributed by atoms with Crippen LogP contribution >= 0.6 is 11.6 Å². The van der Waals surface area contributed by atoms with E-state index in [1.165, 1.54) is 4.80 Å². The van der Waals surface area contributed by atoms with E-state index in [0.717, 1.165) is 18.7 Å². The highest BCUT2D eigenvalue weighted by atomic mass is 35.5. The zero-order valence-electron chi connectivity index (χ0n) is 10.4. The van der Waals surface area contributed by atoms with Crippen LogP contribution in [0.4, 0.5) is 0 Å². The summed E-state index contributed by atoms with van der Waals surface area (Å²) >= 11 is 5.80. The van der Waals surface area contributed by atoms with Gasteiger partial charge in [-0.2, -0.15) is 4.80 Å². The highest BCUT2D eigenvalue weighted by molar-refractivity contribution is 6.28. The maximum Gasteiger partial charge on any atom is 0.193 e. The Hall–Kier alpha value is -1.40. The van der Waals surface area contributed by atoms with E-state index in [-0.39, 0.29) is 6.04 Å². The van der Waals surface area contributed by atoms with Crippen LogP contribution in [-0.2, 0) is 13.5 Å². The van der Waals surface area contributed by atoms with E-state index in [2.05, 4.69) is 27.7 Å². The molecule has 0 saturated carbocycles. The van der Waals surface area contributed by atoms with Gasteiger partial charge in [0.2, 0.25) is 0 Å². The highest BCUT2D eigenvalue weighted by Gasteiger charge is 2.17. The zero-order chi connectivity index (χ0) is 13.0. The Labute approximate surface area is 110 Å². The lowest BCUT2D eigenvalue weighted by Gasteiger charge is -2.14. The van der Waals surface area contributed by atoms with Crippen LogP contribution in [0, 0.1) is 0 Å². The molecule has 0 bridgehead atoms. The molecule has 0 aliphatic rings. The molecule has 98 valence electrons. The van der Waals surface area contributed by atoms with Crippen molar-refractivity contribution in [1.29, 1.82) is 0 Å². The Kier molecular flexibility index (Phi) is 4.33. The Morgan fingerprint density at radius 2 is 2.33 bits per heavy atom. The van der Waals surface area contributed by atoms with Crippen LogP contribution in [-0.4, -0.2) is 26.8 Å². The summed E-state index contributed by atoms with van der Waals surface area (Å²) in [5.41, 5.74) is 0. The third-order valence-corrected chi connectivity index (χ3v) is 2.72. The second kappa shape index (κ2) is 5.97. The number of aryl methyl sites for hydroxylation is 1. The molecule has 0 fully saturated rings. The van der Waals surface area contributed by atoms with Gasteiger partial charge in [-0.15, -0.1) is 10.2 Å². The molecule has 0 aromatic carbocycles. The molecule has 2 heterocycles. The van der Waals surface area contributed by atoms with Crippen LogP contribution in [0.1, 0.15) is 31.0 Å². The summed E-state index contributed by atoms with van der Waals surface area (Å²) < 4.78 is 5.44. The number of nitrogens with one attached hydrogen (secondary N) is 1. The predicted molar refractivity (Wildman–Crippen MR) is 67.3 cm³/mol. The van der Waals surface area contributed by atoms with Gasteiger partial charge in [0.15, 0.2) is 11.0 Å². The number of hydrogen-bond acceptors (Lipinski definition) is 5. The minimum absolute atomic E-state index is 0.0154. The Balaban J connectivity index is 2.09. The lowest BCUT2D eigenvalue weighted by molar-refractivity contribution is 0.406. The number of rotatable bonds is 6. The van der Waals surface area contributed by atoms with Crippen molar-refractivity contribution in [2.75, 3.05) is 6.54 Å². The fraction of sp³-hybridized carbons (Fsp3) is 0.545. The van der Waals surface area contributed by atoms with Gasteiger partial charge in [-0.3, -0.25) is 0 Å². The zero-order valence-corrected chi connectivity index (χ0v) is 11.2. The third-order valence-electron chi connectivity index (χ3n) is 2.51. The minimum Gasteiger partial charge on any atom is -0.448 e. The molecule has 0 amide bonds. The summed E-state index contributed by atoms with van der Waals surface area (Å²) in [6.45, 7) is 3.00. The smallest absolute Gasteiger partial charge is 0.193 e. The highest BCUT2D eigenvalue weighted by Crippen LogP contribution is 2.22. The second-order valence-corrected chi connectivity index (χ2v) is 4.42. The number of hydrogen-bond donors (Lipinski definition) is 1. The molecule has 1 N–H and O–H groups in total. The SMILES string of the molecule is CCCNC(Cc1nnn(C)n1)c1ccc(Cl)o1. The number of halogens is 1. The molecule has 1 unspecified atom stereocenters. The standard InChI is InChI=1S/C11H16ClN5O/c1-3-6-13-8(9-4-5-10(12)18-9)7-11-14-16-17(2)15-11/h4-5,8,13H,3,6-7H2,1-2H3. The molecule has 0 spiro atoms. The van der Waals surface area contributed by atoms with Crippen molar-refractivity contribution in [2.45, 2.75) is 25.8 Å². The topological polar surface area (TPSA) is 68.8 Å². The normalized spacial score (nSPS) is 12.8. The molecule has 0 aliphatic heterocycles. The predicted octanol–water partition coefficient (Wildman–Crippen LogP) is 1.74. The summed E-state index contributed by atoms with van der Waals surface area (Å²) in [6.07, 6.45) is 1.66. The van der Waals surface area contributed by atoms with E-state index in [4.69, 9.17) is 16.0 Å². The maximum absolute atomic E-state index is 5.80. The quantitative estimate of drug-likeness (QED) is 0.865. The first-order valence-electron chi connectivity index (χ1n) is 5.90. The minimum atomic E-state index is 0.0154. The summed E-state index contributed by atoms with van der Waals surface area (Å²) in [5, 5.41) is 15.8. The van der Waals surface area contributed by atoms with Crippen molar-refractivity contribution >= 4 is 11.6 Å². The van der Waals surface area contributed by atoms with E-state index in [9.17, 15) is 0 Å².